The van der Waals surface area contributed by atoms with Crippen LogP contribution in [0, 0.1) is 6.92 Å². The van der Waals surface area contributed by atoms with Gasteiger partial charge in [0, 0.05) is 37.5 Å². The second-order valence-corrected chi connectivity index (χ2v) is 7.90. The maximum Gasteiger partial charge on any atom is 0.243 e. The molecule has 0 saturated carbocycles. The lowest BCUT2D eigenvalue weighted by atomic mass is 9.96. The molecule has 7 heteroatoms. The number of aryl methyl sites for hydroxylation is 1. The maximum atomic E-state index is 12.9. The molecule has 1 atom stereocenters. The van der Waals surface area contributed by atoms with E-state index in [0.29, 0.717) is 18.8 Å². The van der Waals surface area contributed by atoms with Crippen LogP contribution in [0.2, 0.25) is 0 Å². The van der Waals surface area contributed by atoms with Crippen molar-refractivity contribution in [1.82, 2.24) is 14.3 Å². The van der Waals surface area contributed by atoms with Gasteiger partial charge >= 0.3 is 0 Å². The maximum absolute atomic E-state index is 12.9. The molecule has 0 radical (unpaired) electrons. The van der Waals surface area contributed by atoms with Gasteiger partial charge in [0.25, 0.3) is 0 Å². The van der Waals surface area contributed by atoms with E-state index in [4.69, 9.17) is 4.74 Å². The molecule has 1 aliphatic heterocycles. The van der Waals surface area contributed by atoms with Crippen molar-refractivity contribution in [3.8, 4) is 5.75 Å². The molecule has 0 aliphatic carbocycles. The lowest BCUT2D eigenvalue weighted by molar-refractivity contribution is 0.312. The minimum Gasteiger partial charge on any atom is -0.497 e. The van der Waals surface area contributed by atoms with E-state index in [0.717, 1.165) is 24.2 Å². The zero-order valence-electron chi connectivity index (χ0n) is 13.8. The molecule has 1 aliphatic rings. The number of hydrogen-bond donors (Lipinski definition) is 0. The molecular formula is C17H21N3O3S. The van der Waals surface area contributed by atoms with E-state index in [1.165, 1.54) is 7.11 Å². The molecule has 2 heterocycles. The van der Waals surface area contributed by atoms with Crippen molar-refractivity contribution in [3.05, 3.63) is 48.0 Å². The van der Waals surface area contributed by atoms with Crippen LogP contribution in [0.15, 0.2) is 41.6 Å². The third kappa shape index (κ3) is 3.42. The highest BCUT2D eigenvalue weighted by molar-refractivity contribution is 7.89. The normalized spacial score (nSPS) is 19.2. The van der Waals surface area contributed by atoms with E-state index in [9.17, 15) is 8.42 Å². The number of nitrogens with zero attached hydrogens (tertiary/aromatic N) is 3. The van der Waals surface area contributed by atoms with Gasteiger partial charge in [-0.1, -0.05) is 6.07 Å². The van der Waals surface area contributed by atoms with Crippen LogP contribution in [0.25, 0.3) is 0 Å². The van der Waals surface area contributed by atoms with Gasteiger partial charge in [-0.05, 0) is 31.9 Å². The van der Waals surface area contributed by atoms with Crippen molar-refractivity contribution < 1.29 is 13.2 Å². The molecule has 1 saturated heterocycles. The molecule has 0 bridgehead atoms. The summed E-state index contributed by atoms with van der Waals surface area (Å²) in [5.74, 6) is 0.612. The second-order valence-electron chi connectivity index (χ2n) is 5.97. The minimum absolute atomic E-state index is 0.0755. The molecular weight excluding hydrogens is 326 g/mol. The quantitative estimate of drug-likeness (QED) is 0.849. The Morgan fingerprint density at radius 2 is 2.12 bits per heavy atom. The van der Waals surface area contributed by atoms with Crippen LogP contribution in [0.5, 0.6) is 5.75 Å². The van der Waals surface area contributed by atoms with Gasteiger partial charge in [0.05, 0.1) is 23.4 Å². The lowest BCUT2D eigenvalue weighted by Crippen LogP contribution is -2.39. The summed E-state index contributed by atoms with van der Waals surface area (Å²) in [6, 6.07) is 6.60. The minimum atomic E-state index is -3.54. The highest BCUT2D eigenvalue weighted by Gasteiger charge is 2.31. The van der Waals surface area contributed by atoms with Gasteiger partial charge < -0.3 is 4.74 Å². The standard InChI is InChI=1S/C17H21N3O3S/c1-13-10-18-11-17(19-13)14-5-4-8-20(12-14)24(21,22)16-7-3-6-15(9-16)23-2/h3,6-7,9-11,14H,4-5,8,12H2,1-2H3. The molecule has 2 aromatic rings. The number of benzene rings is 1. The first kappa shape index (κ1) is 16.9. The molecule has 0 N–H and O–H groups in total. The average Bonchev–Trinajstić information content (AvgIpc) is 2.62. The van der Waals surface area contributed by atoms with Crippen LogP contribution in [0.4, 0.5) is 0 Å². The van der Waals surface area contributed by atoms with E-state index < -0.39 is 10.0 Å². The first-order valence-electron chi connectivity index (χ1n) is 7.93. The van der Waals surface area contributed by atoms with Crippen molar-refractivity contribution in [2.45, 2.75) is 30.6 Å². The monoisotopic (exact) mass is 347 g/mol. The van der Waals surface area contributed by atoms with Gasteiger partial charge in [-0.15, -0.1) is 0 Å². The van der Waals surface area contributed by atoms with Crippen molar-refractivity contribution >= 4 is 10.0 Å². The van der Waals surface area contributed by atoms with E-state index in [1.807, 2.05) is 6.92 Å². The number of hydrogen-bond acceptors (Lipinski definition) is 5. The smallest absolute Gasteiger partial charge is 0.243 e. The topological polar surface area (TPSA) is 72.4 Å². The number of sulfonamides is 1. The average molecular weight is 347 g/mol. The summed E-state index contributed by atoms with van der Waals surface area (Å²) in [6.07, 6.45) is 5.17. The Morgan fingerprint density at radius 1 is 1.29 bits per heavy atom. The number of aromatic nitrogens is 2. The van der Waals surface area contributed by atoms with Gasteiger partial charge in [0.15, 0.2) is 0 Å². The molecule has 1 aromatic carbocycles. The zero-order valence-corrected chi connectivity index (χ0v) is 14.7. The summed E-state index contributed by atoms with van der Waals surface area (Å²) >= 11 is 0. The van der Waals surface area contributed by atoms with Gasteiger partial charge in [0.2, 0.25) is 10.0 Å². The lowest BCUT2D eigenvalue weighted by Gasteiger charge is -2.31. The summed E-state index contributed by atoms with van der Waals surface area (Å²) in [4.78, 5) is 8.95. The molecule has 1 aromatic heterocycles. The van der Waals surface area contributed by atoms with Crippen LogP contribution in [-0.2, 0) is 10.0 Å². The highest BCUT2D eigenvalue weighted by Crippen LogP contribution is 2.30. The molecule has 1 unspecified atom stereocenters. The van der Waals surface area contributed by atoms with Crippen molar-refractivity contribution in [2.24, 2.45) is 0 Å². The van der Waals surface area contributed by atoms with Gasteiger partial charge in [-0.3, -0.25) is 9.97 Å². The van der Waals surface area contributed by atoms with E-state index in [2.05, 4.69) is 9.97 Å². The summed E-state index contributed by atoms with van der Waals surface area (Å²) in [7, 11) is -2.01. The molecule has 24 heavy (non-hydrogen) atoms. The SMILES string of the molecule is COc1cccc(S(=O)(=O)N2CCCC(c3cncc(C)n3)C2)c1. The second kappa shape index (κ2) is 6.86. The molecule has 128 valence electrons. The highest BCUT2D eigenvalue weighted by atomic mass is 32.2. The largest absolute Gasteiger partial charge is 0.497 e. The predicted octanol–water partition coefficient (Wildman–Crippen LogP) is 2.36. The van der Waals surface area contributed by atoms with Gasteiger partial charge in [-0.25, -0.2) is 8.42 Å². The first-order valence-corrected chi connectivity index (χ1v) is 9.37. The Hall–Kier alpha value is -1.99. The van der Waals surface area contributed by atoms with Crippen LogP contribution in [0.3, 0.4) is 0 Å². The summed E-state index contributed by atoms with van der Waals surface area (Å²) < 4.78 is 32.5. The molecule has 3 rings (SSSR count). The predicted molar refractivity (Wildman–Crippen MR) is 90.5 cm³/mol. The number of ether oxygens (including phenoxy) is 1. The number of methoxy groups -OCH3 is 1. The van der Waals surface area contributed by atoms with Crippen LogP contribution < -0.4 is 4.74 Å². The fraction of sp³-hybridized carbons (Fsp3) is 0.412. The summed E-state index contributed by atoms with van der Waals surface area (Å²) in [5, 5.41) is 0. The van der Waals surface area contributed by atoms with Crippen molar-refractivity contribution in [2.75, 3.05) is 20.2 Å². The molecule has 6 nitrogen and oxygen atoms in total. The fourth-order valence-corrected chi connectivity index (χ4v) is 4.55. The van der Waals surface area contributed by atoms with E-state index >= 15 is 0 Å². The molecule has 0 amide bonds. The van der Waals surface area contributed by atoms with Gasteiger partial charge in [0.1, 0.15) is 5.75 Å². The number of rotatable bonds is 4. The number of piperidine rings is 1. The third-order valence-corrected chi connectivity index (χ3v) is 6.12. The van der Waals surface area contributed by atoms with Crippen LogP contribution in [-0.4, -0.2) is 42.9 Å². The zero-order chi connectivity index (χ0) is 17.2. The summed E-state index contributed by atoms with van der Waals surface area (Å²) in [5.41, 5.74) is 1.71. The van der Waals surface area contributed by atoms with E-state index in [1.54, 1.807) is 41.0 Å². The Morgan fingerprint density at radius 3 is 2.88 bits per heavy atom. The Bertz CT molecular complexity index is 823. The Balaban J connectivity index is 1.85. The Labute approximate surface area is 142 Å². The van der Waals surface area contributed by atoms with Crippen LogP contribution >= 0.6 is 0 Å². The fourth-order valence-electron chi connectivity index (χ4n) is 2.99. The Kier molecular flexibility index (Phi) is 4.82. The van der Waals surface area contributed by atoms with Crippen molar-refractivity contribution in [3.63, 3.8) is 0 Å². The molecule has 0 spiro atoms. The van der Waals surface area contributed by atoms with Gasteiger partial charge in [-0.2, -0.15) is 4.31 Å². The first-order chi connectivity index (χ1) is 11.5. The summed E-state index contributed by atoms with van der Waals surface area (Å²) in [6.45, 7) is 2.84. The third-order valence-electron chi connectivity index (χ3n) is 4.26. The van der Waals surface area contributed by atoms with E-state index in [-0.39, 0.29) is 10.8 Å². The van der Waals surface area contributed by atoms with Crippen LogP contribution in [0.1, 0.15) is 30.1 Å². The van der Waals surface area contributed by atoms with Crippen molar-refractivity contribution in [1.29, 1.82) is 0 Å². The molecule has 1 fully saturated rings.